The van der Waals surface area contributed by atoms with E-state index in [0.717, 1.165) is 24.2 Å². The van der Waals surface area contributed by atoms with Crippen molar-refractivity contribution in [2.45, 2.75) is 24.9 Å². The van der Waals surface area contributed by atoms with Crippen LogP contribution in [0.5, 0.6) is 0 Å². The molecule has 4 aliphatic rings. The van der Waals surface area contributed by atoms with Crippen molar-refractivity contribution in [3.8, 4) is 0 Å². The number of hydrogen-bond acceptors (Lipinski definition) is 6. The minimum absolute atomic E-state index is 0.0400. The van der Waals surface area contributed by atoms with Crippen LogP contribution in [-0.2, 0) is 14.4 Å². The molecule has 1 aromatic heterocycles. The zero-order chi connectivity index (χ0) is 18.6. The molecule has 0 aliphatic carbocycles. The Kier molecular flexibility index (Phi) is 5.32. The monoisotopic (exact) mass is 359 g/mol. The van der Waals surface area contributed by atoms with E-state index in [1.807, 2.05) is 12.3 Å². The van der Waals surface area contributed by atoms with Crippen molar-refractivity contribution in [3.05, 3.63) is 42.2 Å². The van der Waals surface area contributed by atoms with E-state index in [1.165, 1.54) is 25.9 Å². The van der Waals surface area contributed by atoms with Gasteiger partial charge in [0.15, 0.2) is 5.60 Å². The van der Waals surface area contributed by atoms with E-state index >= 15 is 0 Å². The van der Waals surface area contributed by atoms with Crippen molar-refractivity contribution in [2.24, 2.45) is 11.1 Å². The fourth-order valence-corrected chi connectivity index (χ4v) is 3.75. The molecule has 2 N–H and O–H groups in total. The van der Waals surface area contributed by atoms with Gasteiger partial charge in [-0.05, 0) is 38.1 Å². The molecule has 0 radical (unpaired) electrons. The Morgan fingerprint density at radius 3 is 2.42 bits per heavy atom. The normalized spacial score (nSPS) is 29.0. The summed E-state index contributed by atoms with van der Waals surface area (Å²) in [5.74, 6) is -1.83. The average molecular weight is 359 g/mol. The number of oxime groups is 1. The van der Waals surface area contributed by atoms with Crippen molar-refractivity contribution in [1.82, 2.24) is 9.88 Å². The van der Waals surface area contributed by atoms with Crippen LogP contribution in [0.1, 0.15) is 24.8 Å². The predicted octanol–water partition coefficient (Wildman–Crippen LogP) is 1.38. The molecular weight excluding hydrogens is 338 g/mol. The third-order valence-electron chi connectivity index (χ3n) is 4.99. The molecule has 8 heteroatoms. The average Bonchev–Trinajstić information content (AvgIpc) is 3.06. The van der Waals surface area contributed by atoms with Crippen LogP contribution in [0.15, 0.2) is 41.8 Å². The minimum atomic E-state index is -1.26. The summed E-state index contributed by atoms with van der Waals surface area (Å²) in [6.45, 7) is 3.51. The second-order valence-electron chi connectivity index (χ2n) is 6.67. The zero-order valence-electron chi connectivity index (χ0n) is 14.2. The van der Waals surface area contributed by atoms with Gasteiger partial charge in [0.2, 0.25) is 0 Å². The van der Waals surface area contributed by atoms with Gasteiger partial charge in [-0.2, -0.15) is 0 Å². The number of pyridine rings is 1. The van der Waals surface area contributed by atoms with Crippen molar-refractivity contribution in [2.75, 3.05) is 19.6 Å². The van der Waals surface area contributed by atoms with Gasteiger partial charge in [0.1, 0.15) is 0 Å². The van der Waals surface area contributed by atoms with Crippen molar-refractivity contribution >= 4 is 17.7 Å². The third kappa shape index (κ3) is 4.08. The van der Waals surface area contributed by atoms with Crippen molar-refractivity contribution in [3.63, 3.8) is 0 Å². The highest BCUT2D eigenvalue weighted by Crippen LogP contribution is 2.43. The molecular formula is C18H21N3O5. The largest absolute Gasteiger partial charge is 0.478 e. The Labute approximate surface area is 150 Å². The molecule has 4 aliphatic heterocycles. The second-order valence-corrected chi connectivity index (χ2v) is 6.67. The Morgan fingerprint density at radius 1 is 1.23 bits per heavy atom. The third-order valence-corrected chi connectivity index (χ3v) is 4.99. The molecule has 3 fully saturated rings. The number of hydrogen-bond donors (Lipinski definition) is 2. The maximum Gasteiger partial charge on any atom is 0.328 e. The molecule has 5 heterocycles. The fourth-order valence-electron chi connectivity index (χ4n) is 3.75. The van der Waals surface area contributed by atoms with E-state index in [2.05, 4.69) is 21.1 Å². The van der Waals surface area contributed by atoms with E-state index in [4.69, 9.17) is 15.1 Å². The van der Waals surface area contributed by atoms with Crippen LogP contribution in [0.2, 0.25) is 0 Å². The lowest BCUT2D eigenvalue weighted by Crippen LogP contribution is -2.59. The van der Waals surface area contributed by atoms with E-state index in [1.54, 1.807) is 6.20 Å². The van der Waals surface area contributed by atoms with Gasteiger partial charge in [-0.1, -0.05) is 5.16 Å². The van der Waals surface area contributed by atoms with Crippen LogP contribution in [-0.4, -0.2) is 63.0 Å². The molecule has 138 valence electrons. The first-order chi connectivity index (χ1) is 12.5. The van der Waals surface area contributed by atoms with E-state index < -0.39 is 11.9 Å². The van der Waals surface area contributed by atoms with Gasteiger partial charge in [0, 0.05) is 49.0 Å². The molecule has 8 nitrogen and oxygen atoms in total. The Hall–Kier alpha value is -2.74. The van der Waals surface area contributed by atoms with Gasteiger partial charge in [-0.15, -0.1) is 0 Å². The van der Waals surface area contributed by atoms with Crippen LogP contribution < -0.4 is 0 Å². The number of carboxylic acids is 2. The van der Waals surface area contributed by atoms with Crippen LogP contribution >= 0.6 is 0 Å². The first-order valence-electron chi connectivity index (χ1n) is 8.50. The fraction of sp³-hybridized carbons (Fsp3) is 0.444. The number of fused-ring (bicyclic) bond motifs is 2. The summed E-state index contributed by atoms with van der Waals surface area (Å²) in [4.78, 5) is 31.7. The minimum Gasteiger partial charge on any atom is -0.478 e. The number of nitrogens with zero attached hydrogens (tertiary/aromatic N) is 3. The number of aromatic nitrogens is 1. The van der Waals surface area contributed by atoms with Crippen molar-refractivity contribution < 1.29 is 24.6 Å². The molecule has 1 aromatic rings. The number of rotatable bonds is 3. The molecule has 0 amide bonds. The zero-order valence-corrected chi connectivity index (χ0v) is 14.2. The second kappa shape index (κ2) is 7.65. The molecule has 3 saturated heterocycles. The van der Waals surface area contributed by atoms with Gasteiger partial charge in [-0.3, -0.25) is 9.88 Å². The maximum absolute atomic E-state index is 9.55. The summed E-state index contributed by atoms with van der Waals surface area (Å²) in [6.07, 6.45) is 8.25. The van der Waals surface area contributed by atoms with Crippen LogP contribution in [0.25, 0.3) is 0 Å². The highest BCUT2D eigenvalue weighted by molar-refractivity contribution is 6.01. The standard InChI is InChI=1S/C14H17N3O.C4H4O4/c1-2-11(9-15-5-1)13-8-14(18-16-13)10-17-6-3-12(14)4-7-17;5-3(6)1-2-4(7)8/h1-2,5,9,12H,3-4,6-8,10H2;1-2H,(H,5,6)(H,7,8)/b;2-1+. The van der Waals surface area contributed by atoms with Crippen LogP contribution in [0.4, 0.5) is 0 Å². The predicted molar refractivity (Wildman–Crippen MR) is 92.8 cm³/mol. The highest BCUT2D eigenvalue weighted by atomic mass is 16.7. The van der Waals surface area contributed by atoms with E-state index in [0.29, 0.717) is 18.1 Å². The number of carbonyl (C=O) groups is 2. The summed E-state index contributed by atoms with van der Waals surface area (Å²) in [5.41, 5.74) is 2.13. The van der Waals surface area contributed by atoms with Crippen LogP contribution in [0, 0.1) is 5.92 Å². The van der Waals surface area contributed by atoms with E-state index in [-0.39, 0.29) is 5.60 Å². The summed E-state index contributed by atoms with van der Waals surface area (Å²) >= 11 is 0. The lowest BCUT2D eigenvalue weighted by molar-refractivity contribution is -0.136. The number of carboxylic acid groups (broad SMARTS) is 2. The SMILES string of the molecule is O=C(O)/C=C/C(=O)O.c1cncc(C2=NOC3(C2)CN2CCC3CC2)c1. The molecule has 26 heavy (non-hydrogen) atoms. The van der Waals surface area contributed by atoms with Crippen molar-refractivity contribution in [1.29, 1.82) is 0 Å². The van der Waals surface area contributed by atoms with Gasteiger partial charge in [-0.25, -0.2) is 9.59 Å². The molecule has 2 bridgehead atoms. The van der Waals surface area contributed by atoms with Gasteiger partial charge in [0.25, 0.3) is 0 Å². The number of aliphatic carboxylic acids is 2. The van der Waals surface area contributed by atoms with Gasteiger partial charge < -0.3 is 15.1 Å². The van der Waals surface area contributed by atoms with Crippen LogP contribution in [0.3, 0.4) is 0 Å². The highest BCUT2D eigenvalue weighted by Gasteiger charge is 2.52. The lowest BCUT2D eigenvalue weighted by Gasteiger charge is -2.49. The Bertz CT molecular complexity index is 710. The summed E-state index contributed by atoms with van der Waals surface area (Å²) in [7, 11) is 0. The number of piperidine rings is 3. The molecule has 0 saturated carbocycles. The molecule has 1 spiro atoms. The molecule has 1 atom stereocenters. The smallest absolute Gasteiger partial charge is 0.328 e. The topological polar surface area (TPSA) is 112 Å². The molecule has 0 aromatic carbocycles. The van der Waals surface area contributed by atoms with E-state index in [9.17, 15) is 9.59 Å². The Morgan fingerprint density at radius 2 is 1.92 bits per heavy atom. The van der Waals surface area contributed by atoms with Gasteiger partial charge in [0.05, 0.1) is 5.71 Å². The maximum atomic E-state index is 9.55. The summed E-state index contributed by atoms with van der Waals surface area (Å²) in [5, 5.41) is 20.0. The first-order valence-corrected chi connectivity index (χ1v) is 8.50. The summed E-state index contributed by atoms with van der Waals surface area (Å²) < 4.78 is 0. The summed E-state index contributed by atoms with van der Waals surface area (Å²) in [6, 6.07) is 4.02. The molecule has 1 unspecified atom stereocenters. The Balaban J connectivity index is 0.000000211. The quantitative estimate of drug-likeness (QED) is 0.784. The molecule has 5 rings (SSSR count). The lowest BCUT2D eigenvalue weighted by atomic mass is 9.73. The van der Waals surface area contributed by atoms with Gasteiger partial charge >= 0.3 is 11.9 Å². The first kappa shape index (κ1) is 18.1.